The quantitative estimate of drug-likeness (QED) is 0.756. The van der Waals surface area contributed by atoms with Crippen LogP contribution >= 0.6 is 0 Å². The van der Waals surface area contributed by atoms with Crippen molar-refractivity contribution >= 4 is 0 Å². The van der Waals surface area contributed by atoms with Crippen LogP contribution in [-0.4, -0.2) is 19.6 Å². The molecular weight excluding hydrogens is 196 g/mol. The van der Waals surface area contributed by atoms with Crippen LogP contribution in [0.5, 0.6) is 0 Å². The van der Waals surface area contributed by atoms with Gasteiger partial charge in [-0.3, -0.25) is 0 Å². The van der Waals surface area contributed by atoms with Crippen LogP contribution in [0.15, 0.2) is 30.3 Å². The molecule has 1 aromatic rings. The summed E-state index contributed by atoms with van der Waals surface area (Å²) in [6, 6.07) is 11.3. The van der Waals surface area contributed by atoms with E-state index in [9.17, 15) is 0 Å². The van der Waals surface area contributed by atoms with E-state index in [1.54, 1.807) is 0 Å². The van der Waals surface area contributed by atoms with Crippen molar-refractivity contribution in [2.75, 3.05) is 19.6 Å². The molecular formula is C14H22N2. The van der Waals surface area contributed by atoms with Gasteiger partial charge >= 0.3 is 0 Å². The standard InChI is InChI=1S/C10H13N.C4H9N/c1-2-5-9(6-3-1)10-7-4-8-11-10;1-2-4-5-3-1/h1-3,5-6,10-11H,4,7-8H2;5H,1-4H2. The summed E-state index contributed by atoms with van der Waals surface area (Å²) in [4.78, 5) is 0. The lowest BCUT2D eigenvalue weighted by atomic mass is 10.1. The third-order valence-electron chi connectivity index (χ3n) is 3.22. The first-order valence-electron chi connectivity index (χ1n) is 6.46. The normalized spacial score (nSPS) is 23.9. The Balaban J connectivity index is 0.000000162. The van der Waals surface area contributed by atoms with Gasteiger partial charge in [0.05, 0.1) is 0 Å². The van der Waals surface area contributed by atoms with Gasteiger partial charge in [-0.15, -0.1) is 0 Å². The molecule has 0 bridgehead atoms. The van der Waals surface area contributed by atoms with E-state index < -0.39 is 0 Å². The van der Waals surface area contributed by atoms with E-state index in [4.69, 9.17) is 0 Å². The zero-order valence-electron chi connectivity index (χ0n) is 9.91. The van der Waals surface area contributed by atoms with Gasteiger partial charge in [-0.2, -0.15) is 0 Å². The maximum absolute atomic E-state index is 3.47. The van der Waals surface area contributed by atoms with Gasteiger partial charge < -0.3 is 10.6 Å². The van der Waals surface area contributed by atoms with Gasteiger partial charge in [-0.25, -0.2) is 0 Å². The van der Waals surface area contributed by atoms with E-state index in [0.717, 1.165) is 0 Å². The molecule has 3 rings (SSSR count). The monoisotopic (exact) mass is 218 g/mol. The Morgan fingerprint density at radius 3 is 2.12 bits per heavy atom. The highest BCUT2D eigenvalue weighted by Gasteiger charge is 2.14. The van der Waals surface area contributed by atoms with Crippen LogP contribution in [0.3, 0.4) is 0 Å². The Morgan fingerprint density at radius 2 is 1.62 bits per heavy atom. The maximum Gasteiger partial charge on any atom is 0.0320 e. The zero-order chi connectivity index (χ0) is 11.1. The lowest BCUT2D eigenvalue weighted by Crippen LogP contribution is -2.12. The van der Waals surface area contributed by atoms with Crippen LogP contribution in [-0.2, 0) is 0 Å². The molecule has 1 unspecified atom stereocenters. The minimum atomic E-state index is 0.621. The van der Waals surface area contributed by atoms with E-state index >= 15 is 0 Å². The average Bonchev–Trinajstić information content (AvgIpc) is 3.07. The highest BCUT2D eigenvalue weighted by Crippen LogP contribution is 2.21. The molecule has 2 nitrogen and oxygen atoms in total. The smallest absolute Gasteiger partial charge is 0.0320 e. The van der Waals surface area contributed by atoms with Crippen LogP contribution in [0, 0.1) is 0 Å². The summed E-state index contributed by atoms with van der Waals surface area (Å²) in [6.07, 6.45) is 5.39. The number of nitrogens with one attached hydrogen (secondary N) is 2. The highest BCUT2D eigenvalue weighted by molar-refractivity contribution is 5.19. The van der Waals surface area contributed by atoms with Crippen molar-refractivity contribution in [1.82, 2.24) is 10.6 Å². The Bertz CT molecular complexity index is 266. The van der Waals surface area contributed by atoms with Gasteiger partial charge in [0.2, 0.25) is 0 Å². The molecule has 0 saturated carbocycles. The Hall–Kier alpha value is -0.860. The van der Waals surface area contributed by atoms with Crippen LogP contribution in [0.25, 0.3) is 0 Å². The second-order valence-corrected chi connectivity index (χ2v) is 4.52. The van der Waals surface area contributed by atoms with E-state index in [2.05, 4.69) is 41.0 Å². The third kappa shape index (κ3) is 3.62. The molecule has 0 aromatic heterocycles. The molecule has 0 spiro atoms. The number of hydrogen-bond acceptors (Lipinski definition) is 2. The first kappa shape index (κ1) is 11.6. The SMILES string of the molecule is C1CCNC1.c1ccc(C2CCCN2)cc1. The molecule has 2 aliphatic rings. The van der Waals surface area contributed by atoms with Crippen LogP contribution in [0.2, 0.25) is 0 Å². The van der Waals surface area contributed by atoms with Crippen molar-refractivity contribution in [2.24, 2.45) is 0 Å². The van der Waals surface area contributed by atoms with Gasteiger partial charge in [-0.1, -0.05) is 30.3 Å². The van der Waals surface area contributed by atoms with E-state index in [0.29, 0.717) is 6.04 Å². The predicted molar refractivity (Wildman–Crippen MR) is 68.5 cm³/mol. The van der Waals surface area contributed by atoms with Gasteiger partial charge in [-0.05, 0) is 50.9 Å². The zero-order valence-corrected chi connectivity index (χ0v) is 9.91. The fourth-order valence-corrected chi connectivity index (χ4v) is 2.28. The Labute approximate surface area is 98.4 Å². The topological polar surface area (TPSA) is 24.1 Å². The molecule has 0 amide bonds. The third-order valence-corrected chi connectivity index (χ3v) is 3.22. The van der Waals surface area contributed by atoms with Crippen molar-refractivity contribution in [3.63, 3.8) is 0 Å². The molecule has 0 radical (unpaired) electrons. The van der Waals surface area contributed by atoms with Gasteiger partial charge in [0.1, 0.15) is 0 Å². The summed E-state index contributed by atoms with van der Waals surface area (Å²) < 4.78 is 0. The second-order valence-electron chi connectivity index (χ2n) is 4.52. The van der Waals surface area contributed by atoms with Crippen LogP contribution in [0.4, 0.5) is 0 Å². The second kappa shape index (κ2) is 6.66. The minimum absolute atomic E-state index is 0.621. The molecule has 2 aliphatic heterocycles. The van der Waals surface area contributed by atoms with Gasteiger partial charge in [0, 0.05) is 6.04 Å². The summed E-state index contributed by atoms with van der Waals surface area (Å²) in [6.45, 7) is 3.68. The first-order valence-corrected chi connectivity index (χ1v) is 6.46. The summed E-state index contributed by atoms with van der Waals surface area (Å²) in [7, 11) is 0. The molecule has 2 saturated heterocycles. The fraction of sp³-hybridized carbons (Fsp3) is 0.571. The molecule has 88 valence electrons. The summed E-state index contributed by atoms with van der Waals surface area (Å²) in [5.41, 5.74) is 1.44. The fourth-order valence-electron chi connectivity index (χ4n) is 2.28. The van der Waals surface area contributed by atoms with Crippen molar-refractivity contribution in [3.8, 4) is 0 Å². The largest absolute Gasteiger partial charge is 0.317 e. The summed E-state index contributed by atoms with van der Waals surface area (Å²) >= 11 is 0. The van der Waals surface area contributed by atoms with Crippen molar-refractivity contribution in [3.05, 3.63) is 35.9 Å². The van der Waals surface area contributed by atoms with Crippen molar-refractivity contribution in [1.29, 1.82) is 0 Å². The molecule has 2 fully saturated rings. The molecule has 0 aliphatic carbocycles. The van der Waals surface area contributed by atoms with Crippen LogP contribution < -0.4 is 10.6 Å². The highest BCUT2D eigenvalue weighted by atomic mass is 14.9. The molecule has 1 aromatic carbocycles. The van der Waals surface area contributed by atoms with Gasteiger partial charge in [0.15, 0.2) is 0 Å². The van der Waals surface area contributed by atoms with Gasteiger partial charge in [0.25, 0.3) is 0 Å². The van der Waals surface area contributed by atoms with E-state index in [1.165, 1.54) is 50.9 Å². The van der Waals surface area contributed by atoms with Crippen LogP contribution in [0.1, 0.15) is 37.3 Å². The summed E-state index contributed by atoms with van der Waals surface area (Å²) in [5.74, 6) is 0. The molecule has 2 heterocycles. The van der Waals surface area contributed by atoms with Crippen molar-refractivity contribution < 1.29 is 0 Å². The molecule has 2 heteroatoms. The molecule has 1 atom stereocenters. The van der Waals surface area contributed by atoms with Crippen molar-refractivity contribution in [2.45, 2.75) is 31.7 Å². The number of rotatable bonds is 1. The van der Waals surface area contributed by atoms with E-state index in [1.807, 2.05) is 0 Å². The minimum Gasteiger partial charge on any atom is -0.317 e. The average molecular weight is 218 g/mol. The number of hydrogen-bond donors (Lipinski definition) is 2. The Morgan fingerprint density at radius 1 is 0.875 bits per heavy atom. The first-order chi connectivity index (χ1) is 7.97. The summed E-state index contributed by atoms with van der Waals surface area (Å²) in [5, 5.41) is 6.70. The Kier molecular flexibility index (Phi) is 4.84. The predicted octanol–water partition coefficient (Wildman–Crippen LogP) is 2.48. The number of benzene rings is 1. The lowest BCUT2D eigenvalue weighted by molar-refractivity contribution is 0.648. The maximum atomic E-state index is 3.47. The molecule has 16 heavy (non-hydrogen) atoms. The van der Waals surface area contributed by atoms with E-state index in [-0.39, 0.29) is 0 Å². The molecule has 2 N–H and O–H groups in total. The lowest BCUT2D eigenvalue weighted by Gasteiger charge is -2.08.